The van der Waals surface area contributed by atoms with Gasteiger partial charge in [-0.3, -0.25) is 9.59 Å². The van der Waals surface area contributed by atoms with Crippen LogP contribution < -0.4 is 5.32 Å². The average molecular weight is 523 g/mol. The van der Waals surface area contributed by atoms with Crippen LogP contribution in [0, 0.1) is 5.92 Å². The van der Waals surface area contributed by atoms with Crippen LogP contribution in [-0.4, -0.2) is 42.8 Å². The number of amides is 1. The number of carboxylic acids is 1. The molecule has 1 atom stereocenters. The molecule has 0 aliphatic rings. The molecule has 37 heavy (non-hydrogen) atoms. The molecule has 0 fully saturated rings. The topological polar surface area (TPSA) is 104 Å². The van der Waals surface area contributed by atoms with E-state index >= 15 is 0 Å². The van der Waals surface area contributed by atoms with Crippen molar-refractivity contribution in [3.05, 3.63) is 83.9 Å². The molecule has 2 N–H and O–H groups in total. The highest BCUT2D eigenvalue weighted by Crippen LogP contribution is 2.26. The van der Waals surface area contributed by atoms with E-state index in [1.54, 1.807) is 38.1 Å². The van der Waals surface area contributed by atoms with Crippen molar-refractivity contribution < 1.29 is 23.1 Å². The van der Waals surface area contributed by atoms with Gasteiger partial charge in [-0.25, -0.2) is 8.42 Å². The number of aryl methyl sites for hydroxylation is 1. The van der Waals surface area contributed by atoms with Crippen LogP contribution in [0.1, 0.15) is 49.5 Å². The number of carbonyl (C=O) groups is 2. The summed E-state index contributed by atoms with van der Waals surface area (Å²) in [5.41, 5.74) is 4.10. The third-order valence-corrected chi connectivity index (χ3v) is 8.17. The first-order valence-electron chi connectivity index (χ1n) is 12.4. The summed E-state index contributed by atoms with van der Waals surface area (Å²) in [5.74, 6) is -1.76. The van der Waals surface area contributed by atoms with Crippen LogP contribution in [0.25, 0.3) is 11.1 Å². The Hall–Kier alpha value is -3.49. The zero-order valence-corrected chi connectivity index (χ0v) is 22.5. The molecular weight excluding hydrogens is 488 g/mol. The summed E-state index contributed by atoms with van der Waals surface area (Å²) < 4.78 is 26.9. The van der Waals surface area contributed by atoms with Gasteiger partial charge in [0.15, 0.2) is 0 Å². The summed E-state index contributed by atoms with van der Waals surface area (Å²) in [6.45, 7) is 5.49. The lowest BCUT2D eigenvalue weighted by Crippen LogP contribution is -2.45. The van der Waals surface area contributed by atoms with Gasteiger partial charge in [-0.1, -0.05) is 63.6 Å². The van der Waals surface area contributed by atoms with Gasteiger partial charge >= 0.3 is 5.97 Å². The molecule has 0 aromatic heterocycles. The van der Waals surface area contributed by atoms with E-state index in [0.29, 0.717) is 11.3 Å². The lowest BCUT2D eigenvalue weighted by Gasteiger charge is -2.27. The van der Waals surface area contributed by atoms with E-state index in [1.807, 2.05) is 36.4 Å². The molecule has 1 amide bonds. The number of carbonyl (C=O) groups excluding carboxylic acids is 1. The Balaban J connectivity index is 1.69. The fraction of sp³-hybridized carbons (Fsp3) is 0.310. The van der Waals surface area contributed by atoms with Crippen molar-refractivity contribution in [3.8, 4) is 11.1 Å². The summed E-state index contributed by atoms with van der Waals surface area (Å²) in [7, 11) is -2.69. The van der Waals surface area contributed by atoms with Crippen LogP contribution in [0.2, 0.25) is 0 Å². The molecule has 0 unspecified atom stereocenters. The van der Waals surface area contributed by atoms with Crippen LogP contribution in [0.5, 0.6) is 0 Å². The summed E-state index contributed by atoms with van der Waals surface area (Å²) >= 11 is 0. The van der Waals surface area contributed by atoms with Gasteiger partial charge in [0.2, 0.25) is 10.0 Å². The highest BCUT2D eigenvalue weighted by atomic mass is 32.2. The molecule has 0 bridgehead atoms. The zero-order chi connectivity index (χ0) is 27.2. The second-order valence-electron chi connectivity index (χ2n) is 9.40. The molecule has 3 aromatic carbocycles. The van der Waals surface area contributed by atoms with Crippen LogP contribution in [0.3, 0.4) is 0 Å². The molecule has 0 heterocycles. The summed E-state index contributed by atoms with van der Waals surface area (Å²) in [4.78, 5) is 24.2. The van der Waals surface area contributed by atoms with Crippen molar-refractivity contribution in [1.29, 1.82) is 0 Å². The predicted molar refractivity (Wildman–Crippen MR) is 146 cm³/mol. The zero-order valence-electron chi connectivity index (χ0n) is 21.6. The van der Waals surface area contributed by atoms with E-state index in [2.05, 4.69) is 12.2 Å². The molecule has 3 rings (SSSR count). The number of hydrogen-bond acceptors (Lipinski definition) is 4. The first kappa shape index (κ1) is 28.1. The molecule has 0 radical (unpaired) electrons. The van der Waals surface area contributed by atoms with E-state index in [0.717, 1.165) is 34.7 Å². The molecule has 0 aliphatic heterocycles. The van der Waals surface area contributed by atoms with E-state index in [9.17, 15) is 23.1 Å². The van der Waals surface area contributed by atoms with Gasteiger partial charge in [0.25, 0.3) is 5.91 Å². The molecule has 196 valence electrons. The van der Waals surface area contributed by atoms with Crippen molar-refractivity contribution in [2.24, 2.45) is 5.92 Å². The predicted octanol–water partition coefficient (Wildman–Crippen LogP) is 5.68. The van der Waals surface area contributed by atoms with Gasteiger partial charge < -0.3 is 10.4 Å². The van der Waals surface area contributed by atoms with E-state index in [4.69, 9.17) is 0 Å². The van der Waals surface area contributed by atoms with E-state index in [1.165, 1.54) is 24.7 Å². The Labute approximate surface area is 219 Å². The number of sulfonamides is 1. The van der Waals surface area contributed by atoms with Gasteiger partial charge in [0.1, 0.15) is 6.04 Å². The standard InChI is InChI=1S/C29H34N2O5S/c1-5-6-7-21-8-10-24(11-9-21)28(32)30-25-16-12-22(13-17-25)23-14-18-26(19-15-23)37(35,36)31(4)27(20(2)3)29(33)34/h8-20,27H,5-7H2,1-4H3,(H,30,32)(H,33,34)/t27-/m0/s1. The monoisotopic (exact) mass is 522 g/mol. The van der Waals surface area contributed by atoms with Crippen molar-refractivity contribution >= 4 is 27.6 Å². The van der Waals surface area contributed by atoms with E-state index in [-0.39, 0.29) is 16.7 Å². The number of nitrogens with one attached hydrogen (secondary N) is 1. The summed E-state index contributed by atoms with van der Waals surface area (Å²) in [5, 5.41) is 12.4. The number of aliphatic carboxylic acids is 1. The third kappa shape index (κ3) is 6.84. The van der Waals surface area contributed by atoms with Gasteiger partial charge in [-0.15, -0.1) is 0 Å². The normalized spacial score (nSPS) is 12.5. The summed E-state index contributed by atoms with van der Waals surface area (Å²) in [6, 6.07) is 20.1. The van der Waals surface area contributed by atoms with Gasteiger partial charge in [-0.05, 0) is 71.8 Å². The number of unbranched alkanes of at least 4 members (excludes halogenated alkanes) is 1. The number of hydrogen-bond donors (Lipinski definition) is 2. The quantitative estimate of drug-likeness (QED) is 0.337. The number of nitrogens with zero attached hydrogens (tertiary/aromatic N) is 1. The number of likely N-dealkylation sites (N-methyl/N-ethyl adjacent to an activating group) is 1. The van der Waals surface area contributed by atoms with Gasteiger partial charge in [-0.2, -0.15) is 4.31 Å². The van der Waals surface area contributed by atoms with Crippen LogP contribution in [0.15, 0.2) is 77.7 Å². The number of rotatable bonds is 11. The number of carboxylic acid groups (broad SMARTS) is 1. The van der Waals surface area contributed by atoms with Crippen LogP contribution >= 0.6 is 0 Å². The Morgan fingerprint density at radius 1 is 0.892 bits per heavy atom. The number of anilines is 1. The second kappa shape index (κ2) is 12.2. The maximum Gasteiger partial charge on any atom is 0.322 e. The highest BCUT2D eigenvalue weighted by Gasteiger charge is 2.34. The second-order valence-corrected chi connectivity index (χ2v) is 11.4. The molecule has 0 spiro atoms. The lowest BCUT2D eigenvalue weighted by molar-refractivity contribution is -0.142. The first-order chi connectivity index (χ1) is 17.5. The van der Waals surface area contributed by atoms with Crippen LogP contribution in [0.4, 0.5) is 5.69 Å². The summed E-state index contributed by atoms with van der Waals surface area (Å²) in [6.07, 6.45) is 3.26. The largest absolute Gasteiger partial charge is 0.480 e. The molecular formula is C29H34N2O5S. The minimum atomic E-state index is -3.98. The minimum absolute atomic E-state index is 0.0234. The van der Waals surface area contributed by atoms with Gasteiger partial charge in [0, 0.05) is 18.3 Å². The minimum Gasteiger partial charge on any atom is -0.480 e. The maximum atomic E-state index is 13.0. The highest BCUT2D eigenvalue weighted by molar-refractivity contribution is 7.89. The SMILES string of the molecule is CCCCc1ccc(C(=O)Nc2ccc(-c3ccc(S(=O)(=O)N(C)[C@H](C(=O)O)C(C)C)cc3)cc2)cc1. The fourth-order valence-corrected chi connectivity index (χ4v) is 5.59. The van der Waals surface area contributed by atoms with Crippen molar-refractivity contribution in [2.45, 2.75) is 51.0 Å². The van der Waals surface area contributed by atoms with Crippen LogP contribution in [-0.2, 0) is 21.2 Å². The molecule has 8 heteroatoms. The van der Waals surface area contributed by atoms with Crippen molar-refractivity contribution in [3.63, 3.8) is 0 Å². The maximum absolute atomic E-state index is 13.0. The average Bonchev–Trinajstić information content (AvgIpc) is 2.88. The molecule has 0 aliphatic carbocycles. The van der Waals surface area contributed by atoms with Crippen molar-refractivity contribution in [1.82, 2.24) is 4.31 Å². The Kier molecular flexibility index (Phi) is 9.23. The Morgan fingerprint density at radius 3 is 1.92 bits per heavy atom. The number of benzene rings is 3. The van der Waals surface area contributed by atoms with E-state index < -0.39 is 22.0 Å². The third-order valence-electron chi connectivity index (χ3n) is 6.32. The Morgan fingerprint density at radius 2 is 1.43 bits per heavy atom. The Bertz CT molecular complexity index is 1320. The lowest BCUT2D eigenvalue weighted by atomic mass is 10.0. The molecule has 0 saturated carbocycles. The molecule has 3 aromatic rings. The molecule has 7 nitrogen and oxygen atoms in total. The van der Waals surface area contributed by atoms with Crippen molar-refractivity contribution in [2.75, 3.05) is 12.4 Å². The van der Waals surface area contributed by atoms with Gasteiger partial charge in [0.05, 0.1) is 4.90 Å². The smallest absolute Gasteiger partial charge is 0.322 e. The molecule has 0 saturated heterocycles. The first-order valence-corrected chi connectivity index (χ1v) is 13.8. The fourth-order valence-electron chi connectivity index (χ4n) is 4.15.